The topological polar surface area (TPSA) is 177 Å². The van der Waals surface area contributed by atoms with E-state index in [0.29, 0.717) is 6.42 Å². The minimum atomic E-state index is -1.74. The highest BCUT2D eigenvalue weighted by molar-refractivity contribution is 6.10. The van der Waals surface area contributed by atoms with Gasteiger partial charge >= 0.3 is 0 Å². The molecular formula is C26H38O10. The Bertz CT molecular complexity index is 989. The largest absolute Gasteiger partial charge is 0.504 e. The van der Waals surface area contributed by atoms with Crippen molar-refractivity contribution in [2.75, 3.05) is 13.2 Å². The highest BCUT2D eigenvalue weighted by Gasteiger charge is 2.67. The maximum Gasteiger partial charge on any atom is 0.225 e. The molecule has 4 rings (SSSR count). The van der Waals surface area contributed by atoms with Crippen molar-refractivity contribution >= 4 is 5.78 Å². The molecule has 0 spiro atoms. The summed E-state index contributed by atoms with van der Waals surface area (Å²) in [5.41, 5.74) is -4.56. The quantitative estimate of drug-likeness (QED) is 0.249. The van der Waals surface area contributed by atoms with Crippen LogP contribution in [0.1, 0.15) is 46.5 Å². The van der Waals surface area contributed by atoms with Gasteiger partial charge in [0, 0.05) is 16.4 Å². The van der Waals surface area contributed by atoms with Gasteiger partial charge in [-0.15, -0.1) is 6.58 Å². The van der Waals surface area contributed by atoms with E-state index in [4.69, 9.17) is 9.47 Å². The first kappa shape index (κ1) is 27.4. The third kappa shape index (κ3) is 3.73. The summed E-state index contributed by atoms with van der Waals surface area (Å²) in [5, 5.41) is 74.4. The third-order valence-electron chi connectivity index (χ3n) is 9.14. The van der Waals surface area contributed by atoms with E-state index in [9.17, 15) is 40.5 Å². The molecule has 3 aliphatic carbocycles. The zero-order chi connectivity index (χ0) is 26.8. The molecule has 4 aliphatic rings. The van der Waals surface area contributed by atoms with Gasteiger partial charge in [0.05, 0.1) is 24.7 Å². The van der Waals surface area contributed by atoms with Crippen LogP contribution in [-0.4, -0.2) is 97.2 Å². The smallest absolute Gasteiger partial charge is 0.225 e. The zero-order valence-corrected chi connectivity index (χ0v) is 20.9. The van der Waals surface area contributed by atoms with Gasteiger partial charge in [-0.2, -0.15) is 0 Å². The molecule has 0 amide bonds. The minimum Gasteiger partial charge on any atom is -0.504 e. The Labute approximate surface area is 210 Å². The molecule has 0 aromatic heterocycles. The molecule has 0 aromatic carbocycles. The standard InChI is InChI=1S/C26H38O10/c1-5-23(2)8-9-26(34)13(10-23)16(29)19(32)21-24(3,7-6-15(28)25(21,26)4)12-35-22-20(33)18(31)17(30)14(11-27)36-22/h5,10,14-15,17-18,20,22,27-28,30-34H,1,6-9,11-12H2,2-4H3/t14-,15+,17-,18+,20-,22-,23-,24+,25+,26-/m1/s1. The predicted octanol–water partition coefficient (Wildman–Crippen LogP) is 0.00860. The van der Waals surface area contributed by atoms with Crippen molar-refractivity contribution in [3.8, 4) is 0 Å². The van der Waals surface area contributed by atoms with Gasteiger partial charge in [-0.1, -0.05) is 32.9 Å². The van der Waals surface area contributed by atoms with E-state index in [-0.39, 0.29) is 37.0 Å². The van der Waals surface area contributed by atoms with Crippen LogP contribution in [0, 0.1) is 16.2 Å². The summed E-state index contributed by atoms with van der Waals surface area (Å²) in [6, 6.07) is 0. The number of carbonyl (C=O) groups is 1. The fraction of sp³-hybridized carbons (Fsp3) is 0.731. The Hall–Kier alpha value is -1.63. The lowest BCUT2D eigenvalue weighted by Gasteiger charge is -2.61. The molecule has 202 valence electrons. The highest BCUT2D eigenvalue weighted by atomic mass is 16.7. The van der Waals surface area contributed by atoms with E-state index in [0.717, 1.165) is 0 Å². The van der Waals surface area contributed by atoms with Crippen molar-refractivity contribution in [2.45, 2.75) is 88.9 Å². The van der Waals surface area contributed by atoms with E-state index < -0.39 is 76.8 Å². The molecule has 1 saturated heterocycles. The molecule has 36 heavy (non-hydrogen) atoms. The first-order valence-corrected chi connectivity index (χ1v) is 12.4. The monoisotopic (exact) mass is 510 g/mol. The molecule has 1 heterocycles. The Kier molecular flexibility index (Phi) is 6.84. The number of Topliss-reactive ketones (excluding diaryl/α,β-unsaturated/α-hetero) is 1. The zero-order valence-electron chi connectivity index (χ0n) is 20.9. The van der Waals surface area contributed by atoms with Crippen LogP contribution < -0.4 is 0 Å². The molecular weight excluding hydrogens is 472 g/mol. The van der Waals surface area contributed by atoms with E-state index in [1.165, 1.54) is 0 Å². The highest BCUT2D eigenvalue weighted by Crippen LogP contribution is 2.64. The van der Waals surface area contributed by atoms with Gasteiger partial charge in [-0.3, -0.25) is 4.79 Å². The summed E-state index contributed by atoms with van der Waals surface area (Å²) < 4.78 is 11.3. The second-order valence-electron chi connectivity index (χ2n) is 11.5. The van der Waals surface area contributed by atoms with Crippen LogP contribution >= 0.6 is 0 Å². The van der Waals surface area contributed by atoms with E-state index in [1.807, 2.05) is 6.92 Å². The molecule has 0 radical (unpaired) electrons. The third-order valence-corrected chi connectivity index (χ3v) is 9.14. The number of fused-ring (bicyclic) bond motifs is 3. The molecule has 2 fully saturated rings. The first-order valence-electron chi connectivity index (χ1n) is 12.4. The molecule has 0 bridgehead atoms. The fourth-order valence-corrected chi connectivity index (χ4v) is 6.59. The van der Waals surface area contributed by atoms with Crippen molar-refractivity contribution in [1.29, 1.82) is 0 Å². The van der Waals surface area contributed by atoms with E-state index >= 15 is 0 Å². The van der Waals surface area contributed by atoms with Gasteiger partial charge in [-0.25, -0.2) is 0 Å². The van der Waals surface area contributed by atoms with E-state index in [2.05, 4.69) is 6.58 Å². The van der Waals surface area contributed by atoms with Crippen LogP contribution in [0.4, 0.5) is 0 Å². The number of rotatable bonds is 5. The predicted molar refractivity (Wildman–Crippen MR) is 126 cm³/mol. The Morgan fingerprint density at radius 1 is 1.11 bits per heavy atom. The van der Waals surface area contributed by atoms with Gasteiger partial charge in [0.1, 0.15) is 30.0 Å². The van der Waals surface area contributed by atoms with Crippen molar-refractivity contribution in [1.82, 2.24) is 0 Å². The normalized spacial score (nSPS) is 49.2. The molecule has 10 atom stereocenters. The molecule has 1 aliphatic heterocycles. The lowest BCUT2D eigenvalue weighted by atomic mass is 9.46. The maximum atomic E-state index is 13.4. The van der Waals surface area contributed by atoms with Crippen LogP contribution in [-0.2, 0) is 14.3 Å². The number of hydrogen-bond acceptors (Lipinski definition) is 10. The van der Waals surface area contributed by atoms with Crippen LogP contribution in [0.15, 0.2) is 35.6 Å². The summed E-state index contributed by atoms with van der Waals surface area (Å²) in [5.74, 6) is -1.27. The van der Waals surface area contributed by atoms with Gasteiger partial charge in [0.25, 0.3) is 0 Å². The molecule has 0 unspecified atom stereocenters. The van der Waals surface area contributed by atoms with E-state index in [1.54, 1.807) is 26.0 Å². The van der Waals surface area contributed by atoms with Gasteiger partial charge < -0.3 is 45.2 Å². The summed E-state index contributed by atoms with van der Waals surface area (Å²) >= 11 is 0. The number of aliphatic hydroxyl groups is 7. The Morgan fingerprint density at radius 2 is 1.78 bits per heavy atom. The van der Waals surface area contributed by atoms with Gasteiger partial charge in [0.15, 0.2) is 12.0 Å². The van der Waals surface area contributed by atoms with Crippen molar-refractivity contribution in [3.63, 3.8) is 0 Å². The molecule has 1 saturated carbocycles. The SMILES string of the molecule is C=C[C@@]1(C)C=C2C(=O)C(O)=C3[C@](C)(CO[C@@H]4O[C@H](CO)[C@@H](O)[C@H](O)[C@H]4O)CC[C@H](O)[C@]3(C)[C@@]2(O)CC1. The summed E-state index contributed by atoms with van der Waals surface area (Å²) in [7, 11) is 0. The number of carbonyl (C=O) groups excluding carboxylic acids is 1. The molecule has 0 aromatic rings. The summed E-state index contributed by atoms with van der Waals surface area (Å²) in [6.45, 7) is 8.28. The number of allylic oxidation sites excluding steroid dienone is 3. The second-order valence-corrected chi connectivity index (χ2v) is 11.5. The Morgan fingerprint density at radius 3 is 2.39 bits per heavy atom. The lowest BCUT2D eigenvalue weighted by molar-refractivity contribution is -0.306. The van der Waals surface area contributed by atoms with Crippen LogP contribution in [0.5, 0.6) is 0 Å². The second kappa shape index (κ2) is 8.99. The van der Waals surface area contributed by atoms with Crippen molar-refractivity contribution in [3.05, 3.63) is 35.6 Å². The van der Waals surface area contributed by atoms with Gasteiger partial charge in [0.2, 0.25) is 5.78 Å². The van der Waals surface area contributed by atoms with Crippen molar-refractivity contribution < 1.29 is 50.0 Å². The minimum absolute atomic E-state index is 0.0399. The number of ketones is 1. The van der Waals surface area contributed by atoms with Crippen LogP contribution in [0.25, 0.3) is 0 Å². The number of hydrogen-bond donors (Lipinski definition) is 7. The number of aliphatic hydroxyl groups excluding tert-OH is 6. The average molecular weight is 511 g/mol. The summed E-state index contributed by atoms with van der Waals surface area (Å²) in [6.07, 6.45) is -3.89. The van der Waals surface area contributed by atoms with Crippen LogP contribution in [0.3, 0.4) is 0 Å². The number of ether oxygens (including phenoxy) is 2. The Balaban J connectivity index is 1.73. The maximum absolute atomic E-state index is 13.4. The molecule has 7 N–H and O–H groups in total. The van der Waals surface area contributed by atoms with Crippen LogP contribution in [0.2, 0.25) is 0 Å². The lowest BCUT2D eigenvalue weighted by Crippen LogP contribution is -2.66. The van der Waals surface area contributed by atoms with Gasteiger partial charge in [-0.05, 0) is 31.3 Å². The fourth-order valence-electron chi connectivity index (χ4n) is 6.59. The molecule has 10 nitrogen and oxygen atoms in total. The first-order chi connectivity index (χ1) is 16.7. The van der Waals surface area contributed by atoms with Crippen molar-refractivity contribution in [2.24, 2.45) is 16.2 Å². The molecule has 10 heteroatoms. The average Bonchev–Trinajstić information content (AvgIpc) is 2.85. The summed E-state index contributed by atoms with van der Waals surface area (Å²) in [4.78, 5) is 13.4.